The first-order valence-corrected chi connectivity index (χ1v) is 6.32. The predicted molar refractivity (Wildman–Crippen MR) is 70.7 cm³/mol. The van der Waals surface area contributed by atoms with Gasteiger partial charge in [-0.1, -0.05) is 18.2 Å². The van der Waals surface area contributed by atoms with Gasteiger partial charge < -0.3 is 9.84 Å². The Morgan fingerprint density at radius 3 is 2.74 bits per heavy atom. The van der Waals surface area contributed by atoms with Crippen LogP contribution in [-0.4, -0.2) is 11.7 Å². The monoisotopic (exact) mass is 258 g/mol. The van der Waals surface area contributed by atoms with Crippen LogP contribution in [0.1, 0.15) is 23.6 Å². The molecule has 0 radical (unpaired) electrons. The molecule has 1 heterocycles. The van der Waals surface area contributed by atoms with Gasteiger partial charge in [0.15, 0.2) is 0 Å². The van der Waals surface area contributed by atoms with Crippen molar-refractivity contribution >= 4 is 0 Å². The first kappa shape index (κ1) is 12.2. The zero-order chi connectivity index (χ0) is 13.5. The zero-order valence-electron chi connectivity index (χ0n) is 10.7. The molecule has 0 aliphatic carbocycles. The van der Waals surface area contributed by atoms with Crippen molar-refractivity contribution in [3.63, 3.8) is 0 Å². The van der Waals surface area contributed by atoms with E-state index in [2.05, 4.69) is 0 Å². The van der Waals surface area contributed by atoms with E-state index in [-0.39, 0.29) is 5.82 Å². The lowest BCUT2D eigenvalue weighted by molar-refractivity contribution is 0.102. The van der Waals surface area contributed by atoms with E-state index in [9.17, 15) is 9.50 Å². The minimum absolute atomic E-state index is 0.345. The van der Waals surface area contributed by atoms with E-state index in [0.717, 1.165) is 23.3 Å². The number of hydrogen-bond donors (Lipinski definition) is 1. The van der Waals surface area contributed by atoms with E-state index in [4.69, 9.17) is 4.74 Å². The van der Waals surface area contributed by atoms with Crippen molar-refractivity contribution in [2.24, 2.45) is 0 Å². The second-order valence-electron chi connectivity index (χ2n) is 5.00. The Morgan fingerprint density at radius 2 is 1.95 bits per heavy atom. The van der Waals surface area contributed by atoms with Gasteiger partial charge in [-0.05, 0) is 47.9 Å². The maximum absolute atomic E-state index is 13.3. The third-order valence-corrected chi connectivity index (χ3v) is 3.64. The summed E-state index contributed by atoms with van der Waals surface area (Å²) in [7, 11) is 0. The molecule has 0 fully saturated rings. The van der Waals surface area contributed by atoms with Gasteiger partial charge in [-0.2, -0.15) is 0 Å². The highest BCUT2D eigenvalue weighted by Gasteiger charge is 2.27. The molecule has 0 saturated carbocycles. The van der Waals surface area contributed by atoms with Crippen LogP contribution in [0.5, 0.6) is 5.75 Å². The van der Waals surface area contributed by atoms with Gasteiger partial charge in [0.1, 0.15) is 17.2 Å². The average molecular weight is 258 g/mol. The third kappa shape index (κ3) is 2.10. The number of hydrogen-bond acceptors (Lipinski definition) is 2. The van der Waals surface area contributed by atoms with Gasteiger partial charge >= 0.3 is 0 Å². The van der Waals surface area contributed by atoms with Gasteiger partial charge in [0.05, 0.1) is 6.61 Å². The molecule has 2 aromatic carbocycles. The molecule has 0 amide bonds. The summed E-state index contributed by atoms with van der Waals surface area (Å²) in [5, 5.41) is 10.7. The molecule has 19 heavy (non-hydrogen) atoms. The zero-order valence-corrected chi connectivity index (χ0v) is 10.7. The van der Waals surface area contributed by atoms with Crippen molar-refractivity contribution in [1.82, 2.24) is 0 Å². The SMILES string of the molecule is CC(O)(c1cccc(F)c1)c1ccc2c(c1)CCO2. The molecular formula is C16H15FO2. The lowest BCUT2D eigenvalue weighted by Crippen LogP contribution is -2.23. The number of rotatable bonds is 2. The fraction of sp³-hybridized carbons (Fsp3) is 0.250. The highest BCUT2D eigenvalue weighted by Crippen LogP contribution is 2.34. The number of halogens is 1. The standard InChI is InChI=1S/C16H15FO2/c1-16(18,12-3-2-4-14(17)10-12)13-5-6-15-11(9-13)7-8-19-15/h2-6,9-10,18H,7-8H2,1H3. The first-order chi connectivity index (χ1) is 9.07. The van der Waals surface area contributed by atoms with Crippen LogP contribution in [0.4, 0.5) is 4.39 Å². The maximum atomic E-state index is 13.3. The summed E-state index contributed by atoms with van der Waals surface area (Å²) in [4.78, 5) is 0. The molecule has 0 aromatic heterocycles. The first-order valence-electron chi connectivity index (χ1n) is 6.32. The molecule has 2 aromatic rings. The van der Waals surface area contributed by atoms with Gasteiger partial charge in [0.25, 0.3) is 0 Å². The van der Waals surface area contributed by atoms with Crippen LogP contribution in [0, 0.1) is 5.82 Å². The minimum atomic E-state index is -1.21. The van der Waals surface area contributed by atoms with Crippen molar-refractivity contribution in [1.29, 1.82) is 0 Å². The summed E-state index contributed by atoms with van der Waals surface area (Å²) in [6, 6.07) is 11.7. The Morgan fingerprint density at radius 1 is 1.16 bits per heavy atom. The average Bonchev–Trinajstić information content (AvgIpc) is 2.85. The van der Waals surface area contributed by atoms with E-state index in [1.54, 1.807) is 19.1 Å². The van der Waals surface area contributed by atoms with Crippen molar-refractivity contribution < 1.29 is 14.2 Å². The van der Waals surface area contributed by atoms with E-state index >= 15 is 0 Å². The quantitative estimate of drug-likeness (QED) is 0.897. The van der Waals surface area contributed by atoms with Crippen LogP contribution in [-0.2, 0) is 12.0 Å². The van der Waals surface area contributed by atoms with Crippen LogP contribution in [0.25, 0.3) is 0 Å². The molecule has 3 rings (SSSR count). The molecular weight excluding hydrogens is 243 g/mol. The molecule has 0 saturated heterocycles. The summed E-state index contributed by atoms with van der Waals surface area (Å²) in [6.07, 6.45) is 0.850. The molecule has 1 aliphatic heterocycles. The topological polar surface area (TPSA) is 29.5 Å². The number of aliphatic hydroxyl groups is 1. The fourth-order valence-corrected chi connectivity index (χ4v) is 2.45. The molecule has 2 nitrogen and oxygen atoms in total. The summed E-state index contributed by atoms with van der Waals surface area (Å²) in [5.74, 6) is 0.529. The highest BCUT2D eigenvalue weighted by molar-refractivity contribution is 5.44. The van der Waals surface area contributed by atoms with Gasteiger partial charge in [0, 0.05) is 6.42 Å². The predicted octanol–water partition coefficient (Wildman–Crippen LogP) is 3.02. The van der Waals surface area contributed by atoms with Crippen molar-refractivity contribution in [2.45, 2.75) is 18.9 Å². The molecule has 98 valence electrons. The Labute approximate surface area is 111 Å². The third-order valence-electron chi connectivity index (χ3n) is 3.64. The summed E-state index contributed by atoms with van der Waals surface area (Å²) in [6.45, 7) is 2.36. The number of fused-ring (bicyclic) bond motifs is 1. The van der Waals surface area contributed by atoms with Gasteiger partial charge in [0.2, 0.25) is 0 Å². The Hall–Kier alpha value is -1.87. The van der Waals surface area contributed by atoms with Crippen LogP contribution < -0.4 is 4.74 Å². The summed E-state index contributed by atoms with van der Waals surface area (Å²) >= 11 is 0. The van der Waals surface area contributed by atoms with E-state index < -0.39 is 5.60 Å². The minimum Gasteiger partial charge on any atom is -0.493 e. The van der Waals surface area contributed by atoms with Crippen LogP contribution >= 0.6 is 0 Å². The Kier molecular flexibility index (Phi) is 2.79. The second-order valence-corrected chi connectivity index (χ2v) is 5.00. The normalized spacial score (nSPS) is 16.6. The summed E-state index contributed by atoms with van der Waals surface area (Å²) in [5.41, 5.74) is 1.18. The van der Waals surface area contributed by atoms with Crippen molar-refractivity contribution in [2.75, 3.05) is 6.61 Å². The van der Waals surface area contributed by atoms with E-state index in [0.29, 0.717) is 12.2 Å². The maximum Gasteiger partial charge on any atom is 0.123 e. The fourth-order valence-electron chi connectivity index (χ4n) is 2.45. The Bertz CT molecular complexity index is 620. The smallest absolute Gasteiger partial charge is 0.123 e. The number of benzene rings is 2. The molecule has 3 heteroatoms. The Balaban J connectivity index is 2.04. The highest BCUT2D eigenvalue weighted by atomic mass is 19.1. The van der Waals surface area contributed by atoms with Gasteiger partial charge in [-0.25, -0.2) is 4.39 Å². The number of ether oxygens (including phenoxy) is 1. The second kappa shape index (κ2) is 4.35. The van der Waals surface area contributed by atoms with Crippen LogP contribution in [0.15, 0.2) is 42.5 Å². The molecule has 1 N–H and O–H groups in total. The largest absolute Gasteiger partial charge is 0.493 e. The van der Waals surface area contributed by atoms with Crippen molar-refractivity contribution in [3.05, 3.63) is 65.0 Å². The van der Waals surface area contributed by atoms with E-state index in [1.165, 1.54) is 12.1 Å². The van der Waals surface area contributed by atoms with E-state index in [1.807, 2.05) is 18.2 Å². The van der Waals surface area contributed by atoms with Crippen LogP contribution in [0.2, 0.25) is 0 Å². The molecule has 0 bridgehead atoms. The lowest BCUT2D eigenvalue weighted by atomic mass is 9.87. The van der Waals surface area contributed by atoms with Gasteiger partial charge in [-0.15, -0.1) is 0 Å². The molecule has 1 unspecified atom stereocenters. The van der Waals surface area contributed by atoms with Crippen molar-refractivity contribution in [3.8, 4) is 5.75 Å². The summed E-state index contributed by atoms with van der Waals surface area (Å²) < 4.78 is 18.8. The molecule has 0 spiro atoms. The van der Waals surface area contributed by atoms with Gasteiger partial charge in [-0.3, -0.25) is 0 Å². The van der Waals surface area contributed by atoms with Crippen LogP contribution in [0.3, 0.4) is 0 Å². The molecule has 1 aliphatic rings. The lowest BCUT2D eigenvalue weighted by Gasteiger charge is -2.25. The molecule has 1 atom stereocenters.